The second-order valence-corrected chi connectivity index (χ2v) is 8.48. The Morgan fingerprint density at radius 2 is 1.79 bits per heavy atom. The van der Waals surface area contributed by atoms with E-state index in [2.05, 4.69) is 22.2 Å². The quantitative estimate of drug-likeness (QED) is 0.704. The molecule has 0 bridgehead atoms. The number of nitrogens with zero attached hydrogens (tertiary/aromatic N) is 3. The molecular formula is C20H34N4O4. The minimum absolute atomic E-state index is 0.0759. The highest BCUT2D eigenvalue weighted by Gasteiger charge is 2.47. The van der Waals surface area contributed by atoms with Crippen LogP contribution in [0.5, 0.6) is 0 Å². The summed E-state index contributed by atoms with van der Waals surface area (Å²) in [6.07, 6.45) is 4.36. The molecule has 8 heteroatoms. The lowest BCUT2D eigenvalue weighted by Crippen LogP contribution is -2.53. The molecule has 0 aromatic carbocycles. The number of rotatable bonds is 4. The number of carbonyl (C=O) groups excluding carboxylic acids is 2. The number of hydrogen-bond donors (Lipinski definition) is 1. The van der Waals surface area contributed by atoms with E-state index in [9.17, 15) is 9.59 Å². The van der Waals surface area contributed by atoms with E-state index < -0.39 is 0 Å². The average Bonchev–Trinajstić information content (AvgIpc) is 3.15. The third-order valence-corrected chi connectivity index (χ3v) is 7.00. The zero-order chi connectivity index (χ0) is 19.5. The van der Waals surface area contributed by atoms with E-state index in [1.165, 1.54) is 0 Å². The summed E-state index contributed by atoms with van der Waals surface area (Å²) in [5.41, 5.74) is 0. The number of ether oxygens (including phenoxy) is 2. The number of hydrogen-bond acceptors (Lipinski definition) is 6. The summed E-state index contributed by atoms with van der Waals surface area (Å²) in [6.45, 7) is 5.84. The normalized spacial score (nSPS) is 33.4. The van der Waals surface area contributed by atoms with Gasteiger partial charge in [-0.3, -0.25) is 19.4 Å². The van der Waals surface area contributed by atoms with E-state index in [0.717, 1.165) is 45.4 Å². The summed E-state index contributed by atoms with van der Waals surface area (Å²) in [5.74, 6) is 0.363. The summed E-state index contributed by atoms with van der Waals surface area (Å²) >= 11 is 0. The molecular weight excluding hydrogens is 360 g/mol. The van der Waals surface area contributed by atoms with E-state index in [-0.39, 0.29) is 29.9 Å². The topological polar surface area (TPSA) is 74.4 Å². The highest BCUT2D eigenvalue weighted by Crippen LogP contribution is 2.31. The summed E-state index contributed by atoms with van der Waals surface area (Å²) in [5, 5.41) is 3.17. The van der Waals surface area contributed by atoms with Gasteiger partial charge < -0.3 is 19.7 Å². The third kappa shape index (κ3) is 4.20. The molecule has 0 aromatic heterocycles. The summed E-state index contributed by atoms with van der Waals surface area (Å²) in [7, 11) is 2.13. The van der Waals surface area contributed by atoms with Gasteiger partial charge in [0.2, 0.25) is 11.8 Å². The van der Waals surface area contributed by atoms with Gasteiger partial charge in [0.15, 0.2) is 0 Å². The van der Waals surface area contributed by atoms with E-state index in [4.69, 9.17) is 9.47 Å². The van der Waals surface area contributed by atoms with Crippen LogP contribution in [0.2, 0.25) is 0 Å². The molecule has 4 rings (SSSR count). The molecule has 0 saturated carbocycles. The number of fused-ring (bicyclic) bond motifs is 1. The van der Waals surface area contributed by atoms with Gasteiger partial charge in [-0.15, -0.1) is 0 Å². The Kier molecular flexibility index (Phi) is 6.50. The zero-order valence-corrected chi connectivity index (χ0v) is 17.0. The Hall–Kier alpha value is -1.22. The van der Waals surface area contributed by atoms with Crippen LogP contribution >= 0.6 is 0 Å². The standard InChI is InChI=1S/C20H34N4O4/c1-22-16(2-3-18(25)23-8-12-28-13-9-23)14-21-20(26)19-17(22)4-7-24(19)15-5-10-27-11-6-15/h15-17,19H,2-14H2,1H3,(H,21,26)/t16-,17+,19-/m0/s1. The van der Waals surface area contributed by atoms with Crippen molar-refractivity contribution in [1.82, 2.24) is 20.0 Å². The molecule has 4 aliphatic rings. The second kappa shape index (κ2) is 9.07. The van der Waals surface area contributed by atoms with Crippen LogP contribution in [0.25, 0.3) is 0 Å². The Labute approximate surface area is 167 Å². The molecule has 0 unspecified atom stereocenters. The maximum absolute atomic E-state index is 12.9. The van der Waals surface area contributed by atoms with Crippen LogP contribution in [0.3, 0.4) is 0 Å². The van der Waals surface area contributed by atoms with Crippen molar-refractivity contribution in [3.8, 4) is 0 Å². The smallest absolute Gasteiger partial charge is 0.239 e. The first-order chi connectivity index (χ1) is 13.6. The van der Waals surface area contributed by atoms with Crippen molar-refractivity contribution in [3.05, 3.63) is 0 Å². The maximum Gasteiger partial charge on any atom is 0.239 e. The number of likely N-dealkylation sites (tertiary alicyclic amines) is 1. The summed E-state index contributed by atoms with van der Waals surface area (Å²) in [6, 6.07) is 0.808. The second-order valence-electron chi connectivity index (χ2n) is 8.48. The van der Waals surface area contributed by atoms with Gasteiger partial charge in [0, 0.05) is 63.9 Å². The van der Waals surface area contributed by atoms with Crippen LogP contribution in [0.1, 0.15) is 32.1 Å². The van der Waals surface area contributed by atoms with Gasteiger partial charge in [-0.2, -0.15) is 0 Å². The molecule has 0 aliphatic carbocycles. The predicted octanol–water partition coefficient (Wildman–Crippen LogP) is -0.322. The minimum Gasteiger partial charge on any atom is -0.381 e. The van der Waals surface area contributed by atoms with Gasteiger partial charge in [0.1, 0.15) is 6.04 Å². The first-order valence-electron chi connectivity index (χ1n) is 10.8. The molecule has 3 atom stereocenters. The molecule has 4 saturated heterocycles. The van der Waals surface area contributed by atoms with E-state index in [0.29, 0.717) is 45.3 Å². The molecule has 0 radical (unpaired) electrons. The number of amides is 2. The molecule has 0 spiro atoms. The fraction of sp³-hybridized carbons (Fsp3) is 0.900. The fourth-order valence-electron chi connectivity index (χ4n) is 5.28. The molecule has 2 amide bonds. The van der Waals surface area contributed by atoms with Crippen molar-refractivity contribution in [2.75, 3.05) is 59.7 Å². The van der Waals surface area contributed by atoms with Crippen molar-refractivity contribution in [2.24, 2.45) is 0 Å². The molecule has 158 valence electrons. The Bertz CT molecular complexity index is 562. The number of morpholine rings is 1. The Balaban J connectivity index is 1.37. The van der Waals surface area contributed by atoms with Crippen molar-refractivity contribution < 1.29 is 19.1 Å². The van der Waals surface area contributed by atoms with E-state index in [1.807, 2.05) is 4.90 Å². The SMILES string of the molecule is CN1[C@@H](CCC(=O)N2CCOCC2)CNC(=O)[C@@H]2[C@H]1CCN2C1CCOCC1. The van der Waals surface area contributed by atoms with Crippen LogP contribution in [0, 0.1) is 0 Å². The van der Waals surface area contributed by atoms with E-state index in [1.54, 1.807) is 0 Å². The third-order valence-electron chi connectivity index (χ3n) is 7.00. The van der Waals surface area contributed by atoms with E-state index >= 15 is 0 Å². The van der Waals surface area contributed by atoms with Crippen LogP contribution in [0.4, 0.5) is 0 Å². The first kappa shape index (κ1) is 20.1. The molecule has 4 heterocycles. The number of likely N-dealkylation sites (N-methyl/N-ethyl adjacent to an activating group) is 1. The van der Waals surface area contributed by atoms with Gasteiger partial charge in [0.05, 0.1) is 13.2 Å². The predicted molar refractivity (Wildman–Crippen MR) is 104 cm³/mol. The molecule has 0 aromatic rings. The molecule has 8 nitrogen and oxygen atoms in total. The van der Waals surface area contributed by atoms with Gasteiger partial charge in [0.25, 0.3) is 0 Å². The van der Waals surface area contributed by atoms with Crippen molar-refractivity contribution in [3.63, 3.8) is 0 Å². The summed E-state index contributed by atoms with van der Waals surface area (Å²) < 4.78 is 10.8. The average molecular weight is 395 g/mol. The highest BCUT2D eigenvalue weighted by atomic mass is 16.5. The monoisotopic (exact) mass is 394 g/mol. The Morgan fingerprint density at radius 1 is 1.07 bits per heavy atom. The summed E-state index contributed by atoms with van der Waals surface area (Å²) in [4.78, 5) is 32.1. The van der Waals surface area contributed by atoms with Crippen molar-refractivity contribution >= 4 is 11.8 Å². The molecule has 28 heavy (non-hydrogen) atoms. The van der Waals surface area contributed by atoms with Crippen LogP contribution in [-0.2, 0) is 19.1 Å². The molecule has 1 N–H and O–H groups in total. The lowest BCUT2D eigenvalue weighted by molar-refractivity contribution is -0.135. The van der Waals surface area contributed by atoms with Gasteiger partial charge in [-0.05, 0) is 32.7 Å². The lowest BCUT2D eigenvalue weighted by Gasteiger charge is -2.37. The lowest BCUT2D eigenvalue weighted by atomic mass is 10.0. The van der Waals surface area contributed by atoms with Crippen molar-refractivity contribution in [2.45, 2.75) is 56.3 Å². The zero-order valence-electron chi connectivity index (χ0n) is 17.0. The van der Waals surface area contributed by atoms with Crippen LogP contribution in [0.15, 0.2) is 0 Å². The molecule has 4 aliphatic heterocycles. The fourth-order valence-corrected chi connectivity index (χ4v) is 5.28. The largest absolute Gasteiger partial charge is 0.381 e. The van der Waals surface area contributed by atoms with Crippen molar-refractivity contribution in [1.29, 1.82) is 0 Å². The highest BCUT2D eigenvalue weighted by molar-refractivity contribution is 5.83. The van der Waals surface area contributed by atoms with Gasteiger partial charge in [-0.1, -0.05) is 0 Å². The van der Waals surface area contributed by atoms with Gasteiger partial charge >= 0.3 is 0 Å². The van der Waals surface area contributed by atoms with Gasteiger partial charge in [-0.25, -0.2) is 0 Å². The molecule has 4 fully saturated rings. The van der Waals surface area contributed by atoms with Crippen LogP contribution < -0.4 is 5.32 Å². The number of nitrogens with one attached hydrogen (secondary N) is 1. The maximum atomic E-state index is 12.9. The number of carbonyl (C=O) groups is 2. The Morgan fingerprint density at radius 3 is 2.54 bits per heavy atom. The first-order valence-corrected chi connectivity index (χ1v) is 10.8. The minimum atomic E-state index is -0.0759. The van der Waals surface area contributed by atoms with Crippen LogP contribution in [-0.4, -0.2) is 110 Å².